The Hall–Kier alpha value is -3.50. The average Bonchev–Trinajstić information content (AvgIpc) is 3.43. The van der Waals surface area contributed by atoms with Gasteiger partial charge in [-0.05, 0) is 76.1 Å². The van der Waals surface area contributed by atoms with Gasteiger partial charge >= 0.3 is 5.97 Å². The van der Waals surface area contributed by atoms with Crippen LogP contribution in [0.5, 0.6) is 11.5 Å². The first-order valence-corrected chi connectivity index (χ1v) is 12.4. The van der Waals surface area contributed by atoms with Crippen LogP contribution < -0.4 is 9.47 Å². The molecule has 4 rings (SSSR count). The molecular formula is C26H22BrNO7S. The zero-order chi connectivity index (χ0) is 25.8. The van der Waals surface area contributed by atoms with E-state index in [0.717, 1.165) is 27.8 Å². The molecule has 1 saturated heterocycles. The van der Waals surface area contributed by atoms with Crippen LogP contribution >= 0.6 is 27.7 Å². The second kappa shape index (κ2) is 11.0. The number of hydrogen-bond acceptors (Lipinski definition) is 8. The van der Waals surface area contributed by atoms with Crippen molar-refractivity contribution in [3.8, 4) is 11.5 Å². The molecular weight excluding hydrogens is 550 g/mol. The van der Waals surface area contributed by atoms with Crippen LogP contribution in [0.4, 0.5) is 4.79 Å². The fourth-order valence-electron chi connectivity index (χ4n) is 3.54. The van der Waals surface area contributed by atoms with Crippen LogP contribution in [0.25, 0.3) is 6.08 Å². The standard InChI is InChI=1S/C26H22BrNO7S/c1-15-5-4-6-16(9-15)14-34-23-19(27)10-17(11-21(23)32-2)12-22-24(29)28(26(31)36-22)13-18-7-8-20(35-18)25(30)33-3/h4-12H,13-14H2,1-3H3/b22-12+. The van der Waals surface area contributed by atoms with E-state index in [1.54, 1.807) is 18.2 Å². The molecule has 1 aliphatic rings. The number of thioether (sulfide) groups is 1. The van der Waals surface area contributed by atoms with Crippen molar-refractivity contribution in [2.75, 3.05) is 14.2 Å². The number of esters is 1. The summed E-state index contributed by atoms with van der Waals surface area (Å²) in [6, 6.07) is 14.5. The van der Waals surface area contributed by atoms with Crippen LogP contribution in [0.3, 0.4) is 0 Å². The fourth-order valence-corrected chi connectivity index (χ4v) is 4.95. The van der Waals surface area contributed by atoms with Crippen molar-refractivity contribution >= 4 is 50.9 Å². The quantitative estimate of drug-likeness (QED) is 0.241. The molecule has 2 amide bonds. The first kappa shape index (κ1) is 25.6. The van der Waals surface area contributed by atoms with E-state index < -0.39 is 17.1 Å². The van der Waals surface area contributed by atoms with Gasteiger partial charge in [-0.1, -0.05) is 29.8 Å². The van der Waals surface area contributed by atoms with Gasteiger partial charge in [-0.15, -0.1) is 0 Å². The summed E-state index contributed by atoms with van der Waals surface area (Å²) in [6.07, 6.45) is 1.62. The summed E-state index contributed by atoms with van der Waals surface area (Å²) < 4.78 is 22.2. The van der Waals surface area contributed by atoms with E-state index in [4.69, 9.17) is 13.9 Å². The summed E-state index contributed by atoms with van der Waals surface area (Å²) in [7, 11) is 2.77. The van der Waals surface area contributed by atoms with Gasteiger partial charge in [0.15, 0.2) is 11.5 Å². The largest absolute Gasteiger partial charge is 0.493 e. The predicted octanol–water partition coefficient (Wildman–Crippen LogP) is 5.96. The highest BCUT2D eigenvalue weighted by Gasteiger charge is 2.36. The van der Waals surface area contributed by atoms with Crippen LogP contribution in [0.15, 0.2) is 62.3 Å². The van der Waals surface area contributed by atoms with Crippen LogP contribution in [-0.4, -0.2) is 36.2 Å². The molecule has 1 aliphatic heterocycles. The van der Waals surface area contributed by atoms with Crippen molar-refractivity contribution in [2.24, 2.45) is 0 Å². The lowest BCUT2D eigenvalue weighted by atomic mass is 10.1. The number of aryl methyl sites for hydroxylation is 1. The third-order valence-electron chi connectivity index (χ3n) is 5.25. The number of benzene rings is 2. The van der Waals surface area contributed by atoms with E-state index in [9.17, 15) is 14.4 Å². The lowest BCUT2D eigenvalue weighted by molar-refractivity contribution is -0.123. The van der Waals surface area contributed by atoms with Crippen LogP contribution in [0, 0.1) is 6.92 Å². The van der Waals surface area contributed by atoms with Gasteiger partial charge in [0, 0.05) is 0 Å². The number of rotatable bonds is 8. The van der Waals surface area contributed by atoms with Crippen LogP contribution in [-0.2, 0) is 22.7 Å². The van der Waals surface area contributed by atoms with Gasteiger partial charge in [-0.3, -0.25) is 14.5 Å². The minimum atomic E-state index is -0.638. The van der Waals surface area contributed by atoms with Gasteiger partial charge in [0.2, 0.25) is 5.76 Å². The van der Waals surface area contributed by atoms with Crippen molar-refractivity contribution in [1.82, 2.24) is 4.90 Å². The Bertz CT molecular complexity index is 1360. The Labute approximate surface area is 220 Å². The number of amides is 2. The fraction of sp³-hybridized carbons (Fsp3) is 0.192. The third-order valence-corrected chi connectivity index (χ3v) is 6.75. The normalized spacial score (nSPS) is 14.4. The lowest BCUT2D eigenvalue weighted by Crippen LogP contribution is -2.27. The average molecular weight is 572 g/mol. The zero-order valence-corrected chi connectivity index (χ0v) is 22.1. The number of methoxy groups -OCH3 is 2. The number of carbonyl (C=O) groups excluding carboxylic acids is 3. The first-order chi connectivity index (χ1) is 17.3. The minimum Gasteiger partial charge on any atom is -0.493 e. The van der Waals surface area contributed by atoms with Gasteiger partial charge in [-0.25, -0.2) is 4.79 Å². The second-order valence-corrected chi connectivity index (χ2v) is 9.68. The highest BCUT2D eigenvalue weighted by Crippen LogP contribution is 2.39. The van der Waals surface area contributed by atoms with Crippen LogP contribution in [0.1, 0.15) is 33.0 Å². The lowest BCUT2D eigenvalue weighted by Gasteiger charge is -2.14. The van der Waals surface area contributed by atoms with Crippen molar-refractivity contribution < 1.29 is 33.0 Å². The van der Waals surface area contributed by atoms with Gasteiger partial charge in [0.25, 0.3) is 11.1 Å². The first-order valence-electron chi connectivity index (χ1n) is 10.8. The van der Waals surface area contributed by atoms with E-state index in [0.29, 0.717) is 33.9 Å². The Morgan fingerprint density at radius 2 is 1.94 bits per heavy atom. The van der Waals surface area contributed by atoms with Crippen molar-refractivity contribution in [3.63, 3.8) is 0 Å². The van der Waals surface area contributed by atoms with E-state index in [1.165, 1.54) is 26.4 Å². The third kappa shape index (κ3) is 5.66. The van der Waals surface area contributed by atoms with Gasteiger partial charge in [-0.2, -0.15) is 0 Å². The zero-order valence-electron chi connectivity index (χ0n) is 19.7. The topological polar surface area (TPSA) is 95.3 Å². The summed E-state index contributed by atoms with van der Waals surface area (Å²) in [5.41, 5.74) is 2.82. The number of furan rings is 1. The molecule has 0 spiro atoms. The highest BCUT2D eigenvalue weighted by molar-refractivity contribution is 9.10. The molecule has 0 saturated carbocycles. The number of hydrogen-bond donors (Lipinski definition) is 0. The molecule has 2 aromatic carbocycles. The molecule has 3 aromatic rings. The maximum atomic E-state index is 12.9. The van der Waals surface area contributed by atoms with Crippen molar-refractivity contribution in [1.29, 1.82) is 0 Å². The Morgan fingerprint density at radius 3 is 2.67 bits per heavy atom. The number of imide groups is 1. The number of nitrogens with zero attached hydrogens (tertiary/aromatic N) is 1. The van der Waals surface area contributed by atoms with Gasteiger partial charge in [0.05, 0.1) is 30.1 Å². The minimum absolute atomic E-state index is 0.00309. The number of carbonyl (C=O) groups is 3. The van der Waals surface area contributed by atoms with Crippen LogP contribution in [0.2, 0.25) is 0 Å². The van der Waals surface area contributed by atoms with Gasteiger partial charge < -0.3 is 18.6 Å². The molecule has 0 aliphatic carbocycles. The summed E-state index contributed by atoms with van der Waals surface area (Å²) in [5, 5.41) is -0.439. The van der Waals surface area contributed by atoms with E-state index >= 15 is 0 Å². The molecule has 1 aromatic heterocycles. The summed E-state index contributed by atoms with van der Waals surface area (Å²) >= 11 is 4.35. The second-order valence-electron chi connectivity index (χ2n) is 7.84. The molecule has 2 heterocycles. The molecule has 0 atom stereocenters. The summed E-state index contributed by atoms with van der Waals surface area (Å²) in [6.45, 7) is 2.28. The van der Waals surface area contributed by atoms with E-state index in [1.807, 2.05) is 31.2 Å². The molecule has 0 unspecified atom stereocenters. The Balaban J connectivity index is 1.51. The number of ether oxygens (including phenoxy) is 3. The Kier molecular flexibility index (Phi) is 7.85. The van der Waals surface area contributed by atoms with Crippen molar-refractivity contribution in [2.45, 2.75) is 20.1 Å². The van der Waals surface area contributed by atoms with E-state index in [2.05, 4.69) is 20.7 Å². The Morgan fingerprint density at radius 1 is 1.14 bits per heavy atom. The molecule has 36 heavy (non-hydrogen) atoms. The predicted molar refractivity (Wildman–Crippen MR) is 138 cm³/mol. The summed E-state index contributed by atoms with van der Waals surface area (Å²) in [5.74, 6) is 0.198. The molecule has 0 bridgehead atoms. The SMILES string of the molecule is COC(=O)c1ccc(CN2C(=O)S/C(=C/c3cc(Br)c(OCc4cccc(C)c4)c(OC)c3)C2=O)o1. The molecule has 1 fully saturated rings. The highest BCUT2D eigenvalue weighted by atomic mass is 79.9. The van der Waals surface area contributed by atoms with Crippen molar-refractivity contribution in [3.05, 3.63) is 86.1 Å². The molecule has 186 valence electrons. The maximum absolute atomic E-state index is 12.9. The monoisotopic (exact) mass is 571 g/mol. The summed E-state index contributed by atoms with van der Waals surface area (Å²) in [4.78, 5) is 38.3. The molecule has 0 N–H and O–H groups in total. The molecule has 10 heteroatoms. The van der Waals surface area contributed by atoms with E-state index in [-0.39, 0.29) is 17.2 Å². The maximum Gasteiger partial charge on any atom is 0.373 e. The van der Waals surface area contributed by atoms with Gasteiger partial charge in [0.1, 0.15) is 12.4 Å². The molecule has 0 radical (unpaired) electrons. The molecule has 8 nitrogen and oxygen atoms in total. The number of halogens is 1. The smallest absolute Gasteiger partial charge is 0.373 e.